The van der Waals surface area contributed by atoms with Crippen molar-refractivity contribution in [3.63, 3.8) is 0 Å². The number of halogens is 1. The average Bonchev–Trinajstić information content (AvgIpc) is 2.44. The first-order chi connectivity index (χ1) is 7.00. The van der Waals surface area contributed by atoms with E-state index in [4.69, 9.17) is 4.74 Å². The quantitative estimate of drug-likeness (QED) is 0.652. The molecule has 0 amide bonds. The highest BCUT2D eigenvalue weighted by molar-refractivity contribution is 5.66. The summed E-state index contributed by atoms with van der Waals surface area (Å²) in [6.07, 6.45) is -1.30. The van der Waals surface area contributed by atoms with Gasteiger partial charge in [0.05, 0.1) is 6.61 Å². The molecule has 1 heterocycles. The summed E-state index contributed by atoms with van der Waals surface area (Å²) < 4.78 is 27.3. The highest BCUT2D eigenvalue weighted by Gasteiger charge is 2.29. The molecule has 0 aromatic rings. The lowest BCUT2D eigenvalue weighted by Crippen LogP contribution is -2.16. The molecule has 0 aromatic carbocycles. The van der Waals surface area contributed by atoms with Crippen LogP contribution in [0.15, 0.2) is 11.4 Å². The van der Waals surface area contributed by atoms with Crippen molar-refractivity contribution in [1.82, 2.24) is 0 Å². The standard InChI is InChI=1S/C9H11FO5/c1-5(11)13-3-7-4-14-9(8(7)10)15-6(2)12/h9H,3-4H2,1-2H3. The van der Waals surface area contributed by atoms with Crippen LogP contribution in [-0.4, -0.2) is 31.4 Å². The number of hydrogen-bond donors (Lipinski definition) is 0. The number of carbonyl (C=O) groups is 2. The van der Waals surface area contributed by atoms with E-state index in [0.717, 1.165) is 6.92 Å². The zero-order valence-corrected chi connectivity index (χ0v) is 8.41. The molecule has 0 fully saturated rings. The van der Waals surface area contributed by atoms with Crippen LogP contribution in [0.3, 0.4) is 0 Å². The normalized spacial score (nSPS) is 20.3. The summed E-state index contributed by atoms with van der Waals surface area (Å²) in [6, 6.07) is 0. The Morgan fingerprint density at radius 1 is 1.47 bits per heavy atom. The molecule has 0 aromatic heterocycles. The van der Waals surface area contributed by atoms with Crippen molar-refractivity contribution >= 4 is 11.9 Å². The van der Waals surface area contributed by atoms with Gasteiger partial charge in [0, 0.05) is 19.4 Å². The molecule has 1 unspecified atom stereocenters. The van der Waals surface area contributed by atoms with Gasteiger partial charge in [-0.05, 0) is 0 Å². The van der Waals surface area contributed by atoms with E-state index in [-0.39, 0.29) is 18.8 Å². The van der Waals surface area contributed by atoms with Crippen LogP contribution in [-0.2, 0) is 23.8 Å². The van der Waals surface area contributed by atoms with Gasteiger partial charge < -0.3 is 14.2 Å². The zero-order valence-electron chi connectivity index (χ0n) is 8.41. The molecule has 0 aliphatic carbocycles. The van der Waals surface area contributed by atoms with Gasteiger partial charge in [0.15, 0.2) is 5.83 Å². The molecule has 1 atom stereocenters. The zero-order chi connectivity index (χ0) is 11.4. The number of carbonyl (C=O) groups excluding carboxylic acids is 2. The molecule has 84 valence electrons. The van der Waals surface area contributed by atoms with Crippen LogP contribution in [0.5, 0.6) is 0 Å². The summed E-state index contributed by atoms with van der Waals surface area (Å²) in [6.45, 7) is 2.15. The van der Waals surface area contributed by atoms with Gasteiger partial charge in [-0.3, -0.25) is 9.59 Å². The van der Waals surface area contributed by atoms with Crippen molar-refractivity contribution in [2.45, 2.75) is 20.1 Å². The second kappa shape index (κ2) is 4.88. The van der Waals surface area contributed by atoms with Gasteiger partial charge in [0.1, 0.15) is 6.61 Å². The van der Waals surface area contributed by atoms with Crippen LogP contribution >= 0.6 is 0 Å². The van der Waals surface area contributed by atoms with Gasteiger partial charge in [-0.2, -0.15) is 0 Å². The van der Waals surface area contributed by atoms with E-state index < -0.39 is 24.1 Å². The summed E-state index contributed by atoms with van der Waals surface area (Å²) in [4.78, 5) is 21.0. The SMILES string of the molecule is CC(=O)OCC1=C(F)C(OC(C)=O)OC1. The molecule has 5 nitrogen and oxygen atoms in total. The summed E-state index contributed by atoms with van der Waals surface area (Å²) in [7, 11) is 0. The van der Waals surface area contributed by atoms with Gasteiger partial charge in [0.25, 0.3) is 6.29 Å². The molecule has 0 spiro atoms. The Balaban J connectivity index is 2.54. The molecule has 1 rings (SSSR count). The van der Waals surface area contributed by atoms with Crippen LogP contribution in [0.2, 0.25) is 0 Å². The first-order valence-electron chi connectivity index (χ1n) is 4.30. The third-order valence-corrected chi connectivity index (χ3v) is 1.68. The molecule has 0 saturated carbocycles. The fourth-order valence-corrected chi connectivity index (χ4v) is 1.02. The minimum atomic E-state index is -1.30. The maximum atomic E-state index is 13.3. The maximum absolute atomic E-state index is 13.3. The smallest absolute Gasteiger partial charge is 0.305 e. The summed E-state index contributed by atoms with van der Waals surface area (Å²) >= 11 is 0. The van der Waals surface area contributed by atoms with Crippen LogP contribution in [0.4, 0.5) is 4.39 Å². The predicted octanol–water partition coefficient (Wildman–Crippen LogP) is 0.693. The summed E-state index contributed by atoms with van der Waals surface area (Å²) in [5.41, 5.74) is 0.177. The van der Waals surface area contributed by atoms with Crippen LogP contribution in [0.25, 0.3) is 0 Å². The Labute approximate surface area is 85.8 Å². The third-order valence-electron chi connectivity index (χ3n) is 1.68. The molecule has 0 N–H and O–H groups in total. The van der Waals surface area contributed by atoms with Crippen molar-refractivity contribution in [1.29, 1.82) is 0 Å². The largest absolute Gasteiger partial charge is 0.461 e. The van der Waals surface area contributed by atoms with E-state index in [0.29, 0.717) is 0 Å². The predicted molar refractivity (Wildman–Crippen MR) is 46.3 cm³/mol. The summed E-state index contributed by atoms with van der Waals surface area (Å²) in [5, 5.41) is 0. The van der Waals surface area contributed by atoms with Crippen LogP contribution in [0.1, 0.15) is 13.8 Å². The van der Waals surface area contributed by atoms with Crippen molar-refractivity contribution in [2.75, 3.05) is 13.2 Å². The van der Waals surface area contributed by atoms with Gasteiger partial charge in [-0.25, -0.2) is 4.39 Å². The highest BCUT2D eigenvalue weighted by Crippen LogP contribution is 2.23. The lowest BCUT2D eigenvalue weighted by atomic mass is 10.3. The van der Waals surface area contributed by atoms with E-state index in [9.17, 15) is 14.0 Å². The number of ether oxygens (including phenoxy) is 3. The highest BCUT2D eigenvalue weighted by atomic mass is 19.1. The fraction of sp³-hybridized carbons (Fsp3) is 0.556. The third kappa shape index (κ3) is 3.32. The fourth-order valence-electron chi connectivity index (χ4n) is 1.02. The lowest BCUT2D eigenvalue weighted by Gasteiger charge is -2.08. The van der Waals surface area contributed by atoms with E-state index in [1.54, 1.807) is 0 Å². The number of hydrogen-bond acceptors (Lipinski definition) is 5. The lowest BCUT2D eigenvalue weighted by molar-refractivity contribution is -0.165. The molecule has 6 heteroatoms. The molecular formula is C9H11FO5. The topological polar surface area (TPSA) is 61.8 Å². The summed E-state index contributed by atoms with van der Waals surface area (Å²) in [5.74, 6) is -1.85. The van der Waals surface area contributed by atoms with E-state index in [2.05, 4.69) is 9.47 Å². The Bertz CT molecular complexity index is 310. The van der Waals surface area contributed by atoms with Crippen molar-refractivity contribution in [2.24, 2.45) is 0 Å². The Hall–Kier alpha value is -1.43. The number of esters is 2. The molecular weight excluding hydrogens is 207 g/mol. The second-order valence-electron chi connectivity index (χ2n) is 2.98. The monoisotopic (exact) mass is 218 g/mol. The van der Waals surface area contributed by atoms with E-state index in [1.807, 2.05) is 0 Å². The maximum Gasteiger partial charge on any atom is 0.305 e. The first-order valence-corrected chi connectivity index (χ1v) is 4.30. The first kappa shape index (κ1) is 11.6. The Morgan fingerprint density at radius 3 is 2.67 bits per heavy atom. The van der Waals surface area contributed by atoms with Gasteiger partial charge in [-0.1, -0.05) is 0 Å². The van der Waals surface area contributed by atoms with E-state index >= 15 is 0 Å². The molecule has 1 aliphatic heterocycles. The van der Waals surface area contributed by atoms with Crippen LogP contribution < -0.4 is 0 Å². The molecule has 1 aliphatic rings. The molecule has 0 radical (unpaired) electrons. The number of rotatable bonds is 3. The van der Waals surface area contributed by atoms with Crippen molar-refractivity contribution in [3.8, 4) is 0 Å². The molecule has 0 saturated heterocycles. The van der Waals surface area contributed by atoms with E-state index in [1.165, 1.54) is 6.92 Å². The van der Waals surface area contributed by atoms with Gasteiger partial charge in [0.2, 0.25) is 0 Å². The van der Waals surface area contributed by atoms with Gasteiger partial charge in [-0.15, -0.1) is 0 Å². The second-order valence-corrected chi connectivity index (χ2v) is 2.98. The Morgan fingerprint density at radius 2 is 2.13 bits per heavy atom. The van der Waals surface area contributed by atoms with Gasteiger partial charge >= 0.3 is 11.9 Å². The minimum absolute atomic E-state index is 0.0446. The van der Waals surface area contributed by atoms with Crippen molar-refractivity contribution in [3.05, 3.63) is 11.4 Å². The molecule has 0 bridgehead atoms. The Kier molecular flexibility index (Phi) is 3.79. The minimum Gasteiger partial charge on any atom is -0.461 e. The average molecular weight is 218 g/mol. The van der Waals surface area contributed by atoms with Crippen LogP contribution in [0, 0.1) is 0 Å². The van der Waals surface area contributed by atoms with Crippen molar-refractivity contribution < 1.29 is 28.2 Å². The molecule has 15 heavy (non-hydrogen) atoms.